The monoisotopic (exact) mass is 244 g/mol. The van der Waals surface area contributed by atoms with E-state index in [1.165, 1.54) is 0 Å². The van der Waals surface area contributed by atoms with Gasteiger partial charge in [0.25, 0.3) is 5.91 Å². The van der Waals surface area contributed by atoms with Crippen molar-refractivity contribution >= 4 is 5.91 Å². The van der Waals surface area contributed by atoms with Crippen LogP contribution in [0.1, 0.15) is 41.3 Å². The molecule has 0 saturated heterocycles. The molecule has 0 bridgehead atoms. The smallest absolute Gasteiger partial charge is 0.270 e. The summed E-state index contributed by atoms with van der Waals surface area (Å²) in [6, 6.07) is 3.57. The van der Waals surface area contributed by atoms with Gasteiger partial charge < -0.3 is 10.3 Å². The van der Waals surface area contributed by atoms with Gasteiger partial charge in [0, 0.05) is 18.6 Å². The van der Waals surface area contributed by atoms with E-state index in [-0.39, 0.29) is 11.9 Å². The molecule has 1 amide bonds. The van der Waals surface area contributed by atoms with Crippen molar-refractivity contribution in [2.45, 2.75) is 26.3 Å². The van der Waals surface area contributed by atoms with Gasteiger partial charge in [0.2, 0.25) is 0 Å². The summed E-state index contributed by atoms with van der Waals surface area (Å²) in [4.78, 5) is 23.4. The SMILES string of the molecule is CCC(NC(=O)c1ncccc1C)c1ncc[nH]1. The van der Waals surface area contributed by atoms with Crippen LogP contribution in [0, 0.1) is 6.92 Å². The molecule has 0 fully saturated rings. The van der Waals surface area contributed by atoms with Gasteiger partial charge in [-0.05, 0) is 25.0 Å². The molecule has 94 valence electrons. The van der Waals surface area contributed by atoms with Crippen molar-refractivity contribution in [3.05, 3.63) is 47.8 Å². The highest BCUT2D eigenvalue weighted by Crippen LogP contribution is 2.13. The number of pyridine rings is 1. The van der Waals surface area contributed by atoms with Crippen LogP contribution in [0.25, 0.3) is 0 Å². The predicted octanol–water partition coefficient (Wildman–Crippen LogP) is 1.99. The fourth-order valence-corrected chi connectivity index (χ4v) is 1.78. The first-order valence-corrected chi connectivity index (χ1v) is 5.94. The number of aromatic amines is 1. The Morgan fingerprint density at radius 2 is 2.28 bits per heavy atom. The Kier molecular flexibility index (Phi) is 3.72. The van der Waals surface area contributed by atoms with E-state index < -0.39 is 0 Å². The highest BCUT2D eigenvalue weighted by molar-refractivity contribution is 5.93. The van der Waals surface area contributed by atoms with Crippen LogP contribution in [0.5, 0.6) is 0 Å². The molecule has 18 heavy (non-hydrogen) atoms. The summed E-state index contributed by atoms with van der Waals surface area (Å²) >= 11 is 0. The molecule has 2 heterocycles. The maximum Gasteiger partial charge on any atom is 0.270 e. The summed E-state index contributed by atoms with van der Waals surface area (Å²) in [5.41, 5.74) is 1.33. The van der Waals surface area contributed by atoms with Crippen molar-refractivity contribution in [1.29, 1.82) is 0 Å². The van der Waals surface area contributed by atoms with Gasteiger partial charge in [-0.3, -0.25) is 9.78 Å². The van der Waals surface area contributed by atoms with Crippen molar-refractivity contribution in [2.24, 2.45) is 0 Å². The lowest BCUT2D eigenvalue weighted by Crippen LogP contribution is -2.30. The number of carbonyl (C=O) groups is 1. The minimum absolute atomic E-state index is 0.117. The zero-order valence-electron chi connectivity index (χ0n) is 10.5. The molecule has 1 unspecified atom stereocenters. The molecular formula is C13H16N4O. The van der Waals surface area contributed by atoms with Gasteiger partial charge in [-0.25, -0.2) is 4.98 Å². The van der Waals surface area contributed by atoms with Crippen molar-refractivity contribution in [1.82, 2.24) is 20.3 Å². The maximum atomic E-state index is 12.1. The number of rotatable bonds is 4. The van der Waals surface area contributed by atoms with E-state index in [1.54, 1.807) is 18.6 Å². The fourth-order valence-electron chi connectivity index (χ4n) is 1.78. The summed E-state index contributed by atoms with van der Waals surface area (Å²) in [5.74, 6) is 0.593. The number of imidazole rings is 1. The molecule has 5 nitrogen and oxygen atoms in total. The maximum absolute atomic E-state index is 12.1. The van der Waals surface area contributed by atoms with Crippen molar-refractivity contribution < 1.29 is 4.79 Å². The Balaban J connectivity index is 2.14. The molecule has 1 atom stereocenters. The van der Waals surface area contributed by atoms with Gasteiger partial charge in [0.1, 0.15) is 11.5 Å². The van der Waals surface area contributed by atoms with Crippen molar-refractivity contribution in [2.75, 3.05) is 0 Å². The third kappa shape index (κ3) is 2.56. The normalized spacial score (nSPS) is 12.1. The van der Waals surface area contributed by atoms with Crippen LogP contribution in [-0.2, 0) is 0 Å². The number of aryl methyl sites for hydroxylation is 1. The molecule has 0 aliphatic rings. The number of carbonyl (C=O) groups excluding carboxylic acids is 1. The summed E-state index contributed by atoms with van der Waals surface area (Å²) < 4.78 is 0. The Morgan fingerprint density at radius 1 is 1.44 bits per heavy atom. The topological polar surface area (TPSA) is 70.7 Å². The van der Waals surface area contributed by atoms with E-state index in [0.717, 1.165) is 17.8 Å². The largest absolute Gasteiger partial charge is 0.347 e. The third-order valence-corrected chi connectivity index (χ3v) is 2.79. The molecule has 0 saturated carbocycles. The van der Waals surface area contributed by atoms with E-state index >= 15 is 0 Å². The van der Waals surface area contributed by atoms with E-state index in [0.29, 0.717) is 5.69 Å². The quantitative estimate of drug-likeness (QED) is 0.864. The van der Waals surface area contributed by atoms with Crippen molar-refractivity contribution in [3.63, 3.8) is 0 Å². The first-order valence-electron chi connectivity index (χ1n) is 5.94. The van der Waals surface area contributed by atoms with Crippen LogP contribution < -0.4 is 5.32 Å². The van der Waals surface area contributed by atoms with Gasteiger partial charge in [-0.1, -0.05) is 13.0 Å². The summed E-state index contributed by atoms with van der Waals surface area (Å²) in [7, 11) is 0. The first-order chi connectivity index (χ1) is 8.72. The highest BCUT2D eigenvalue weighted by Gasteiger charge is 2.17. The number of H-pyrrole nitrogens is 1. The Bertz CT molecular complexity index is 522. The van der Waals surface area contributed by atoms with Crippen LogP contribution in [0.2, 0.25) is 0 Å². The number of nitrogens with zero attached hydrogens (tertiary/aromatic N) is 2. The van der Waals surface area contributed by atoms with Gasteiger partial charge in [0.15, 0.2) is 0 Å². The van der Waals surface area contributed by atoms with Gasteiger partial charge in [-0.2, -0.15) is 0 Å². The molecule has 2 aromatic heterocycles. The number of nitrogens with one attached hydrogen (secondary N) is 2. The molecule has 2 aromatic rings. The molecule has 2 N–H and O–H groups in total. The average molecular weight is 244 g/mol. The molecule has 5 heteroatoms. The van der Waals surface area contributed by atoms with Crippen LogP contribution in [0.3, 0.4) is 0 Å². The number of amides is 1. The summed E-state index contributed by atoms with van der Waals surface area (Å²) in [5, 5.41) is 2.93. The second kappa shape index (κ2) is 5.44. The Morgan fingerprint density at radius 3 is 2.89 bits per heavy atom. The highest BCUT2D eigenvalue weighted by atomic mass is 16.1. The lowest BCUT2D eigenvalue weighted by molar-refractivity contribution is 0.0928. The number of aromatic nitrogens is 3. The van der Waals surface area contributed by atoms with Crippen LogP contribution in [0.15, 0.2) is 30.7 Å². The first kappa shape index (κ1) is 12.3. The van der Waals surface area contributed by atoms with Gasteiger partial charge >= 0.3 is 0 Å². The standard InChI is InChI=1S/C13H16N4O/c1-3-10(12-15-7-8-16-12)17-13(18)11-9(2)5-4-6-14-11/h4-8,10H,3H2,1-2H3,(H,15,16)(H,17,18). The molecule has 0 aliphatic carbocycles. The molecule has 0 radical (unpaired) electrons. The Labute approximate surface area is 106 Å². The van der Waals surface area contributed by atoms with E-state index in [2.05, 4.69) is 20.3 Å². The molecule has 0 spiro atoms. The predicted molar refractivity (Wildman–Crippen MR) is 68.1 cm³/mol. The summed E-state index contributed by atoms with van der Waals surface area (Å²) in [6.07, 6.45) is 5.81. The second-order valence-corrected chi connectivity index (χ2v) is 4.08. The van der Waals surface area contributed by atoms with Crippen LogP contribution in [0.4, 0.5) is 0 Å². The molecule has 0 aliphatic heterocycles. The van der Waals surface area contributed by atoms with E-state index in [1.807, 2.05) is 26.0 Å². The van der Waals surface area contributed by atoms with Crippen LogP contribution in [-0.4, -0.2) is 20.9 Å². The number of hydrogen-bond donors (Lipinski definition) is 2. The lowest BCUT2D eigenvalue weighted by atomic mass is 10.1. The van der Waals surface area contributed by atoms with E-state index in [9.17, 15) is 4.79 Å². The van der Waals surface area contributed by atoms with Crippen molar-refractivity contribution in [3.8, 4) is 0 Å². The average Bonchev–Trinajstić information content (AvgIpc) is 2.90. The van der Waals surface area contributed by atoms with Gasteiger partial charge in [-0.15, -0.1) is 0 Å². The zero-order valence-corrected chi connectivity index (χ0v) is 10.5. The zero-order chi connectivity index (χ0) is 13.0. The lowest BCUT2D eigenvalue weighted by Gasteiger charge is -2.14. The fraction of sp³-hybridized carbons (Fsp3) is 0.308. The molecule has 0 aromatic carbocycles. The van der Waals surface area contributed by atoms with Crippen LogP contribution >= 0.6 is 0 Å². The molecule has 2 rings (SSSR count). The second-order valence-electron chi connectivity index (χ2n) is 4.08. The van der Waals surface area contributed by atoms with Gasteiger partial charge in [0.05, 0.1) is 6.04 Å². The van der Waals surface area contributed by atoms with E-state index in [4.69, 9.17) is 0 Å². The Hall–Kier alpha value is -2.17. The number of hydrogen-bond acceptors (Lipinski definition) is 3. The third-order valence-electron chi connectivity index (χ3n) is 2.79. The summed E-state index contributed by atoms with van der Waals surface area (Å²) in [6.45, 7) is 3.87. The molecular weight excluding hydrogens is 228 g/mol. The minimum atomic E-state index is -0.170. The minimum Gasteiger partial charge on any atom is -0.347 e.